The van der Waals surface area contributed by atoms with Crippen molar-refractivity contribution in [3.63, 3.8) is 0 Å². The highest BCUT2D eigenvalue weighted by Crippen LogP contribution is 2.29. The maximum Gasteiger partial charge on any atom is 0.490 e. The standard InChI is InChI=1S/C24H18Cl2F4N6O2.C2HF3O2/c25-16-11-18-21(37)32-12-14(36(18)20(16)26)9-13-1-2-17(27)15(10-13)22(38)34-5-7-35(8-6-34)23-31-4-3-19(33-23)24(28,29)30;3-2(4,5)1(6)7/h1-4,10-12H,5-9H2,(H,32,37);(H,6,7). The normalized spacial score (nSPS) is 13.9. The molecular weight excluding hydrogens is 664 g/mol. The lowest BCUT2D eigenvalue weighted by atomic mass is 10.0. The second-order valence-corrected chi connectivity index (χ2v) is 10.2. The third-order valence-electron chi connectivity index (χ3n) is 6.46. The number of carboxylic acids is 1. The summed E-state index contributed by atoms with van der Waals surface area (Å²) in [6, 6.07) is 6.36. The summed E-state index contributed by atoms with van der Waals surface area (Å²) in [6.07, 6.45) is -6.97. The maximum absolute atomic E-state index is 14.7. The van der Waals surface area contributed by atoms with Gasteiger partial charge in [0.05, 0.1) is 10.6 Å². The van der Waals surface area contributed by atoms with Crippen LogP contribution in [-0.2, 0) is 17.4 Å². The Morgan fingerprint density at radius 1 is 1.00 bits per heavy atom. The lowest BCUT2D eigenvalue weighted by Crippen LogP contribution is -2.49. The van der Waals surface area contributed by atoms with Crippen LogP contribution in [0.4, 0.5) is 36.7 Å². The van der Waals surface area contributed by atoms with Crippen molar-refractivity contribution >= 4 is 46.5 Å². The van der Waals surface area contributed by atoms with Crippen molar-refractivity contribution in [3.05, 3.63) is 91.6 Å². The van der Waals surface area contributed by atoms with Crippen molar-refractivity contribution < 1.29 is 45.4 Å². The first-order valence-corrected chi connectivity index (χ1v) is 13.3. The first-order chi connectivity index (χ1) is 21.0. The predicted molar refractivity (Wildman–Crippen MR) is 146 cm³/mol. The van der Waals surface area contributed by atoms with Crippen LogP contribution in [0.3, 0.4) is 0 Å². The fraction of sp³-hybridized carbons (Fsp3) is 0.269. The van der Waals surface area contributed by atoms with E-state index in [4.69, 9.17) is 33.1 Å². The molecule has 1 amide bonds. The highest BCUT2D eigenvalue weighted by molar-refractivity contribution is 6.42. The van der Waals surface area contributed by atoms with Crippen molar-refractivity contribution in [3.8, 4) is 0 Å². The Kier molecular flexibility index (Phi) is 9.62. The van der Waals surface area contributed by atoms with Gasteiger partial charge in [0.15, 0.2) is 0 Å². The summed E-state index contributed by atoms with van der Waals surface area (Å²) >= 11 is 12.4. The molecular formula is C26H19Cl2F7N6O4. The van der Waals surface area contributed by atoms with Gasteiger partial charge in [-0.05, 0) is 29.8 Å². The Hall–Kier alpha value is -4.38. The third kappa shape index (κ3) is 7.65. The highest BCUT2D eigenvalue weighted by atomic mass is 35.5. The zero-order valence-corrected chi connectivity index (χ0v) is 23.9. The summed E-state index contributed by atoms with van der Waals surface area (Å²) in [5.41, 5.74) is -0.186. The molecule has 0 spiro atoms. The first kappa shape index (κ1) is 33.5. The van der Waals surface area contributed by atoms with E-state index in [1.54, 1.807) is 4.90 Å². The molecule has 3 aromatic heterocycles. The minimum Gasteiger partial charge on any atom is -0.475 e. The van der Waals surface area contributed by atoms with Crippen LogP contribution in [0.5, 0.6) is 0 Å². The summed E-state index contributed by atoms with van der Waals surface area (Å²) in [5, 5.41) is 7.48. The molecule has 0 aliphatic carbocycles. The molecule has 1 aliphatic heterocycles. The van der Waals surface area contributed by atoms with E-state index < -0.39 is 35.7 Å². The minimum absolute atomic E-state index is 0.0869. The number of anilines is 1. The number of rotatable bonds is 4. The summed E-state index contributed by atoms with van der Waals surface area (Å²) in [6.45, 7) is 0.632. The van der Waals surface area contributed by atoms with Crippen molar-refractivity contribution in [2.45, 2.75) is 18.8 Å². The summed E-state index contributed by atoms with van der Waals surface area (Å²) < 4.78 is 86.9. The number of aromatic amines is 1. The van der Waals surface area contributed by atoms with Gasteiger partial charge in [-0.1, -0.05) is 29.3 Å². The van der Waals surface area contributed by atoms with Crippen LogP contribution in [0.15, 0.2) is 47.5 Å². The second-order valence-electron chi connectivity index (χ2n) is 9.43. The van der Waals surface area contributed by atoms with E-state index >= 15 is 0 Å². The largest absolute Gasteiger partial charge is 0.490 e. The van der Waals surface area contributed by atoms with Crippen molar-refractivity contribution in [1.82, 2.24) is 24.3 Å². The van der Waals surface area contributed by atoms with Gasteiger partial charge in [0.1, 0.15) is 22.2 Å². The number of H-pyrrole nitrogens is 1. The van der Waals surface area contributed by atoms with Crippen LogP contribution in [0.25, 0.3) is 5.52 Å². The summed E-state index contributed by atoms with van der Waals surface area (Å²) in [5.74, 6) is -4.11. The maximum atomic E-state index is 14.7. The number of aromatic nitrogens is 4. The number of alkyl halides is 6. The molecule has 4 heterocycles. The highest BCUT2D eigenvalue weighted by Gasteiger charge is 2.38. The Bertz CT molecular complexity index is 1800. The zero-order chi connectivity index (χ0) is 33.3. The van der Waals surface area contributed by atoms with Gasteiger partial charge in [0, 0.05) is 50.7 Å². The monoisotopic (exact) mass is 682 g/mol. The van der Waals surface area contributed by atoms with E-state index in [2.05, 4.69) is 15.0 Å². The Morgan fingerprint density at radius 2 is 1.64 bits per heavy atom. The number of halogens is 9. The molecule has 4 aromatic rings. The van der Waals surface area contributed by atoms with Crippen LogP contribution in [-0.4, -0.2) is 73.6 Å². The van der Waals surface area contributed by atoms with Crippen LogP contribution < -0.4 is 10.5 Å². The van der Waals surface area contributed by atoms with Crippen LogP contribution >= 0.6 is 23.2 Å². The number of nitrogens with zero attached hydrogens (tertiary/aromatic N) is 5. The molecule has 1 fully saturated rings. The number of carbonyl (C=O) groups is 2. The van der Waals surface area contributed by atoms with Gasteiger partial charge >= 0.3 is 18.3 Å². The average Bonchev–Trinajstić information content (AvgIpc) is 3.29. The van der Waals surface area contributed by atoms with Gasteiger partial charge < -0.3 is 19.9 Å². The molecule has 0 atom stereocenters. The average molecular weight is 683 g/mol. The molecule has 5 rings (SSSR count). The lowest BCUT2D eigenvalue weighted by Gasteiger charge is -2.35. The Labute approximate surface area is 257 Å². The molecule has 19 heteroatoms. The molecule has 1 saturated heterocycles. The molecule has 0 unspecified atom stereocenters. The van der Waals surface area contributed by atoms with Crippen molar-refractivity contribution in [2.75, 3.05) is 31.1 Å². The van der Waals surface area contributed by atoms with Gasteiger partial charge in [-0.2, -0.15) is 26.3 Å². The number of benzene rings is 1. The van der Waals surface area contributed by atoms with E-state index in [0.29, 0.717) is 11.3 Å². The second kappa shape index (κ2) is 12.9. The fourth-order valence-electron chi connectivity index (χ4n) is 4.32. The number of hydrogen-bond donors (Lipinski definition) is 2. The number of hydrogen-bond acceptors (Lipinski definition) is 6. The molecule has 0 saturated carbocycles. The van der Waals surface area contributed by atoms with E-state index in [1.165, 1.54) is 39.8 Å². The molecule has 10 nitrogen and oxygen atoms in total. The molecule has 240 valence electrons. The minimum atomic E-state index is -5.08. The Morgan fingerprint density at radius 3 is 2.24 bits per heavy atom. The topological polar surface area (TPSA) is 124 Å². The van der Waals surface area contributed by atoms with Gasteiger partial charge in [-0.3, -0.25) is 14.0 Å². The molecule has 0 radical (unpaired) electrons. The van der Waals surface area contributed by atoms with Crippen molar-refractivity contribution in [2.24, 2.45) is 0 Å². The van der Waals surface area contributed by atoms with Gasteiger partial charge in [-0.25, -0.2) is 19.2 Å². The van der Waals surface area contributed by atoms with E-state index in [0.717, 1.165) is 12.3 Å². The number of aliphatic carboxylic acids is 1. The smallest absolute Gasteiger partial charge is 0.475 e. The van der Waals surface area contributed by atoms with E-state index in [-0.39, 0.29) is 65.4 Å². The fourth-order valence-corrected chi connectivity index (χ4v) is 4.76. The predicted octanol–water partition coefficient (Wildman–Crippen LogP) is 5.07. The van der Waals surface area contributed by atoms with Crippen LogP contribution in [0.1, 0.15) is 27.3 Å². The summed E-state index contributed by atoms with van der Waals surface area (Å²) in [4.78, 5) is 47.3. The number of carbonyl (C=O) groups excluding carboxylic acids is 1. The van der Waals surface area contributed by atoms with Gasteiger partial charge in [0.2, 0.25) is 5.95 Å². The van der Waals surface area contributed by atoms with Gasteiger partial charge in [-0.15, -0.1) is 0 Å². The number of piperazine rings is 1. The van der Waals surface area contributed by atoms with E-state index in [9.17, 15) is 40.3 Å². The molecule has 45 heavy (non-hydrogen) atoms. The van der Waals surface area contributed by atoms with Gasteiger partial charge in [0.25, 0.3) is 11.5 Å². The molecule has 2 N–H and O–H groups in total. The number of carboxylic acid groups (broad SMARTS) is 1. The SMILES string of the molecule is O=C(O)C(F)(F)F.O=C(c1cc(Cc2c[nH]c(=O)c3cc(Cl)c(Cl)n23)ccc1F)N1CCN(c2nccc(C(F)(F)F)n2)CC1. The zero-order valence-electron chi connectivity index (χ0n) is 22.4. The Balaban J connectivity index is 0.000000591. The lowest BCUT2D eigenvalue weighted by molar-refractivity contribution is -0.192. The number of amides is 1. The quantitative estimate of drug-likeness (QED) is 0.288. The van der Waals surface area contributed by atoms with Crippen molar-refractivity contribution in [1.29, 1.82) is 0 Å². The first-order valence-electron chi connectivity index (χ1n) is 12.6. The number of nitrogens with one attached hydrogen (secondary N) is 1. The molecule has 1 aromatic carbocycles. The van der Waals surface area contributed by atoms with Crippen LogP contribution in [0, 0.1) is 5.82 Å². The van der Waals surface area contributed by atoms with E-state index in [1.807, 2.05) is 0 Å². The molecule has 1 aliphatic rings. The summed E-state index contributed by atoms with van der Waals surface area (Å²) in [7, 11) is 0. The van der Waals surface area contributed by atoms with Crippen LogP contribution in [0.2, 0.25) is 10.2 Å². The molecule has 0 bridgehead atoms. The third-order valence-corrected chi connectivity index (χ3v) is 7.22. The number of fused-ring (bicyclic) bond motifs is 1.